The molecule has 2 rings (SSSR count). The van der Waals surface area contributed by atoms with E-state index in [2.05, 4.69) is 5.32 Å². The lowest BCUT2D eigenvalue weighted by molar-refractivity contribution is -0.113. The Labute approximate surface area is 92.0 Å². The van der Waals surface area contributed by atoms with Gasteiger partial charge >= 0.3 is 0 Å². The third kappa shape index (κ3) is 2.00. The van der Waals surface area contributed by atoms with Gasteiger partial charge in [0.1, 0.15) is 5.75 Å². The molecule has 2 unspecified atom stereocenters. The van der Waals surface area contributed by atoms with Gasteiger partial charge in [-0.15, -0.1) is 0 Å². The van der Waals surface area contributed by atoms with Crippen molar-refractivity contribution in [3.8, 4) is 0 Å². The average molecular weight is 243 g/mol. The largest absolute Gasteiger partial charge is 0.324 e. The summed E-state index contributed by atoms with van der Waals surface area (Å²) in [6.07, 6.45) is 1.56. The Balaban J connectivity index is 2.52. The summed E-state index contributed by atoms with van der Waals surface area (Å²) in [4.78, 5) is 12.4. The summed E-state index contributed by atoms with van der Waals surface area (Å²) in [6.45, 7) is 0. The van der Waals surface area contributed by atoms with Gasteiger partial charge in [0.2, 0.25) is 5.91 Å². The molecule has 1 aliphatic heterocycles. The molecule has 0 radical (unpaired) electrons. The number of carbonyl (C=O) groups is 1. The van der Waals surface area contributed by atoms with Crippen molar-refractivity contribution in [2.45, 2.75) is 9.79 Å². The summed E-state index contributed by atoms with van der Waals surface area (Å²) in [6, 6.07) is 4.94. The molecule has 0 spiro atoms. The van der Waals surface area contributed by atoms with Crippen LogP contribution in [0.1, 0.15) is 0 Å². The molecule has 0 saturated carbocycles. The van der Waals surface area contributed by atoms with E-state index in [4.69, 9.17) is 0 Å². The summed E-state index contributed by atoms with van der Waals surface area (Å²) in [5, 5.41) is 2.62. The topological polar surface area (TPSA) is 63.2 Å². The fraction of sp³-hybridized carbons (Fsp3) is 0.222. The van der Waals surface area contributed by atoms with Crippen LogP contribution in [0.3, 0.4) is 0 Å². The first-order valence-corrected chi connectivity index (χ1v) is 7.11. The van der Waals surface area contributed by atoms with Crippen LogP contribution in [0.4, 0.5) is 5.69 Å². The molecule has 1 aromatic carbocycles. The summed E-state index contributed by atoms with van der Waals surface area (Å²) in [7, 11) is -2.38. The first-order chi connectivity index (χ1) is 7.08. The molecule has 0 fully saturated rings. The molecule has 1 aromatic rings. The molecule has 1 aliphatic rings. The fourth-order valence-corrected chi connectivity index (χ4v) is 2.95. The monoisotopic (exact) mass is 243 g/mol. The second-order valence-corrected chi connectivity index (χ2v) is 5.95. The van der Waals surface area contributed by atoms with Crippen molar-refractivity contribution >= 4 is 33.2 Å². The van der Waals surface area contributed by atoms with Crippen LogP contribution in [0.25, 0.3) is 0 Å². The number of amides is 1. The highest BCUT2D eigenvalue weighted by Crippen LogP contribution is 2.26. The SMILES string of the molecule is CS(=O)c1ccc2c(c1)NC(=O)CS2=O. The quantitative estimate of drug-likeness (QED) is 0.780. The summed E-state index contributed by atoms with van der Waals surface area (Å²) >= 11 is 0. The molecule has 80 valence electrons. The molecule has 0 aromatic heterocycles. The van der Waals surface area contributed by atoms with E-state index in [1.54, 1.807) is 24.5 Å². The van der Waals surface area contributed by atoms with Crippen molar-refractivity contribution in [3.63, 3.8) is 0 Å². The minimum atomic E-state index is -1.28. The molecule has 1 amide bonds. The van der Waals surface area contributed by atoms with Crippen molar-refractivity contribution in [1.82, 2.24) is 0 Å². The van der Waals surface area contributed by atoms with E-state index in [1.165, 1.54) is 0 Å². The predicted octanol–water partition coefficient (Wildman–Crippen LogP) is 0.484. The lowest BCUT2D eigenvalue weighted by Crippen LogP contribution is -2.25. The van der Waals surface area contributed by atoms with E-state index in [-0.39, 0.29) is 11.7 Å². The van der Waals surface area contributed by atoms with Crippen LogP contribution in [0.5, 0.6) is 0 Å². The zero-order chi connectivity index (χ0) is 11.0. The number of hydrogen-bond donors (Lipinski definition) is 1. The maximum absolute atomic E-state index is 11.6. The van der Waals surface area contributed by atoms with Crippen LogP contribution >= 0.6 is 0 Å². The van der Waals surface area contributed by atoms with Crippen molar-refractivity contribution in [2.24, 2.45) is 0 Å². The van der Waals surface area contributed by atoms with E-state index in [0.717, 1.165) is 0 Å². The Bertz CT molecular complexity index is 484. The standard InChI is InChI=1S/C9H9NO3S2/c1-14(12)6-2-3-8-7(4-6)10-9(11)5-15(8)13/h2-4H,5H2,1H3,(H,10,11). The maximum atomic E-state index is 11.6. The molecular formula is C9H9NO3S2. The van der Waals surface area contributed by atoms with Crippen molar-refractivity contribution in [3.05, 3.63) is 18.2 Å². The van der Waals surface area contributed by atoms with Gasteiger partial charge in [0, 0.05) is 22.0 Å². The fourth-order valence-electron chi connectivity index (χ4n) is 1.37. The molecule has 2 atom stereocenters. The van der Waals surface area contributed by atoms with Gasteiger partial charge in [-0.1, -0.05) is 0 Å². The molecule has 1 N–H and O–H groups in total. The third-order valence-corrected chi connectivity index (χ3v) is 4.35. The molecule has 15 heavy (non-hydrogen) atoms. The Morgan fingerprint density at radius 1 is 1.47 bits per heavy atom. The lowest BCUT2D eigenvalue weighted by Gasteiger charge is -2.16. The highest BCUT2D eigenvalue weighted by atomic mass is 32.2. The van der Waals surface area contributed by atoms with Gasteiger partial charge < -0.3 is 5.32 Å². The number of carbonyl (C=O) groups excluding carboxylic acids is 1. The zero-order valence-corrected chi connectivity index (χ0v) is 9.61. The normalized spacial score (nSPS) is 21.7. The first-order valence-electron chi connectivity index (χ1n) is 4.23. The minimum Gasteiger partial charge on any atom is -0.324 e. The van der Waals surface area contributed by atoms with Gasteiger partial charge in [0.15, 0.2) is 0 Å². The van der Waals surface area contributed by atoms with Gasteiger partial charge in [-0.05, 0) is 18.2 Å². The molecule has 0 aliphatic carbocycles. The predicted molar refractivity (Wildman–Crippen MR) is 58.7 cm³/mol. The third-order valence-electron chi connectivity index (χ3n) is 2.06. The molecule has 1 heterocycles. The molecule has 0 saturated heterocycles. The van der Waals surface area contributed by atoms with Crippen LogP contribution in [-0.2, 0) is 26.4 Å². The van der Waals surface area contributed by atoms with Crippen LogP contribution in [-0.4, -0.2) is 26.3 Å². The molecular weight excluding hydrogens is 234 g/mol. The van der Waals surface area contributed by atoms with Gasteiger partial charge in [0.25, 0.3) is 0 Å². The number of nitrogens with one attached hydrogen (secondary N) is 1. The maximum Gasteiger partial charge on any atom is 0.237 e. The molecule has 6 heteroatoms. The zero-order valence-electron chi connectivity index (χ0n) is 7.98. The summed E-state index contributed by atoms with van der Waals surface area (Å²) < 4.78 is 22.8. The molecule has 0 bridgehead atoms. The second-order valence-electron chi connectivity index (χ2n) is 3.15. The van der Waals surface area contributed by atoms with Crippen LogP contribution in [0.15, 0.2) is 28.0 Å². The van der Waals surface area contributed by atoms with Gasteiger partial charge in [-0.25, -0.2) is 0 Å². The number of hydrogen-bond acceptors (Lipinski definition) is 3. The van der Waals surface area contributed by atoms with E-state index in [1.807, 2.05) is 0 Å². The Hall–Kier alpha value is -1.01. The highest BCUT2D eigenvalue weighted by molar-refractivity contribution is 7.86. The van der Waals surface area contributed by atoms with E-state index in [9.17, 15) is 13.2 Å². The van der Waals surface area contributed by atoms with Crippen molar-refractivity contribution in [1.29, 1.82) is 0 Å². The van der Waals surface area contributed by atoms with Crippen molar-refractivity contribution in [2.75, 3.05) is 17.3 Å². The van der Waals surface area contributed by atoms with Gasteiger partial charge in [0.05, 0.1) is 21.4 Å². The first kappa shape index (κ1) is 10.5. The number of anilines is 1. The van der Waals surface area contributed by atoms with Gasteiger partial charge in [-0.2, -0.15) is 0 Å². The number of fused-ring (bicyclic) bond motifs is 1. The van der Waals surface area contributed by atoms with Crippen LogP contribution < -0.4 is 5.32 Å². The summed E-state index contributed by atoms with van der Waals surface area (Å²) in [5.74, 6) is -0.262. The average Bonchev–Trinajstić information content (AvgIpc) is 2.16. The minimum absolute atomic E-state index is 0.00155. The number of rotatable bonds is 1. The Morgan fingerprint density at radius 2 is 2.20 bits per heavy atom. The summed E-state index contributed by atoms with van der Waals surface area (Å²) in [5.41, 5.74) is 0.511. The lowest BCUT2D eigenvalue weighted by atomic mass is 10.3. The number of benzene rings is 1. The van der Waals surface area contributed by atoms with Crippen LogP contribution in [0.2, 0.25) is 0 Å². The van der Waals surface area contributed by atoms with E-state index in [0.29, 0.717) is 15.5 Å². The van der Waals surface area contributed by atoms with Gasteiger partial charge in [-0.3, -0.25) is 13.2 Å². The smallest absolute Gasteiger partial charge is 0.237 e. The van der Waals surface area contributed by atoms with Crippen molar-refractivity contribution < 1.29 is 13.2 Å². The molecule has 4 nitrogen and oxygen atoms in total. The van der Waals surface area contributed by atoms with E-state index < -0.39 is 21.6 Å². The highest BCUT2D eigenvalue weighted by Gasteiger charge is 2.21. The second kappa shape index (κ2) is 3.86. The Kier molecular flexibility index (Phi) is 2.70. The Morgan fingerprint density at radius 3 is 2.87 bits per heavy atom. The van der Waals surface area contributed by atoms with Crippen LogP contribution in [0, 0.1) is 0 Å². The van der Waals surface area contributed by atoms with E-state index >= 15 is 0 Å².